The molecule has 3 rings (SSSR count). The Labute approximate surface area is 180 Å². The Kier molecular flexibility index (Phi) is 6.61. The molecule has 31 heavy (non-hydrogen) atoms. The number of hydrogen-bond donors (Lipinski definition) is 2. The molecule has 8 nitrogen and oxygen atoms in total. The fourth-order valence-electron chi connectivity index (χ4n) is 3.15. The summed E-state index contributed by atoms with van der Waals surface area (Å²) in [4.78, 5) is 24.2. The molecule has 10 heteroatoms. The average molecular weight is 450 g/mol. The Morgan fingerprint density at radius 3 is 2.58 bits per heavy atom. The van der Waals surface area contributed by atoms with Gasteiger partial charge in [0, 0.05) is 19.7 Å². The highest BCUT2D eigenvalue weighted by Crippen LogP contribution is 2.35. The van der Waals surface area contributed by atoms with E-state index in [1.165, 1.54) is 43.4 Å². The van der Waals surface area contributed by atoms with Crippen molar-refractivity contribution in [1.29, 1.82) is 0 Å². The molecule has 1 aliphatic heterocycles. The van der Waals surface area contributed by atoms with Crippen molar-refractivity contribution in [2.45, 2.75) is 37.8 Å². The van der Waals surface area contributed by atoms with Crippen LogP contribution in [0, 0.1) is 12.7 Å². The third-order valence-corrected chi connectivity index (χ3v) is 6.87. The molecule has 1 aliphatic rings. The van der Waals surface area contributed by atoms with E-state index in [9.17, 15) is 22.4 Å². The molecule has 0 saturated heterocycles. The van der Waals surface area contributed by atoms with Crippen molar-refractivity contribution >= 4 is 27.5 Å². The largest absolute Gasteiger partial charge is 0.478 e. The molecule has 1 atom stereocenters. The van der Waals surface area contributed by atoms with Crippen LogP contribution in [-0.4, -0.2) is 44.2 Å². The number of nitrogens with one attached hydrogen (secondary N) is 2. The standard InChI is InChI=1S/C21H24FN3O5S/c1-4-17-21(27)24-16-9-13(2)19(10-18(16)30-17)31(28,29)25(3)12-20(26)23-11-14-5-7-15(22)8-6-14/h5-10,17H,4,11-12H2,1-3H3,(H,23,26)(H,24,27)/t17-/m0/s1. The third kappa shape index (κ3) is 5.02. The molecular formula is C21H24FN3O5S. The molecule has 0 aromatic heterocycles. The first-order valence-electron chi connectivity index (χ1n) is 9.71. The van der Waals surface area contributed by atoms with Crippen LogP contribution in [-0.2, 0) is 26.2 Å². The van der Waals surface area contributed by atoms with Gasteiger partial charge in [0.15, 0.2) is 6.10 Å². The number of halogens is 1. The van der Waals surface area contributed by atoms with E-state index >= 15 is 0 Å². The molecular weight excluding hydrogens is 425 g/mol. The minimum absolute atomic E-state index is 0.00825. The Morgan fingerprint density at radius 1 is 1.26 bits per heavy atom. The van der Waals surface area contributed by atoms with Crippen LogP contribution in [0.4, 0.5) is 10.1 Å². The van der Waals surface area contributed by atoms with E-state index in [0.29, 0.717) is 23.2 Å². The van der Waals surface area contributed by atoms with Crippen LogP contribution >= 0.6 is 0 Å². The normalized spacial score (nSPS) is 15.8. The lowest BCUT2D eigenvalue weighted by Gasteiger charge is -2.27. The van der Waals surface area contributed by atoms with E-state index in [-0.39, 0.29) is 28.9 Å². The van der Waals surface area contributed by atoms with Gasteiger partial charge in [0.05, 0.1) is 17.1 Å². The van der Waals surface area contributed by atoms with Crippen molar-refractivity contribution in [3.05, 3.63) is 53.3 Å². The van der Waals surface area contributed by atoms with Crippen molar-refractivity contribution in [3.63, 3.8) is 0 Å². The summed E-state index contributed by atoms with van der Waals surface area (Å²) in [6.07, 6.45) is -0.254. The molecule has 166 valence electrons. The maximum atomic E-state index is 13.1. The molecule has 2 aromatic rings. The number of aryl methyl sites for hydroxylation is 1. The summed E-state index contributed by atoms with van der Waals surface area (Å²) < 4.78 is 45.7. The number of carbonyl (C=O) groups is 2. The maximum Gasteiger partial charge on any atom is 0.265 e. The summed E-state index contributed by atoms with van der Waals surface area (Å²) in [5, 5.41) is 5.33. The van der Waals surface area contributed by atoms with Gasteiger partial charge >= 0.3 is 0 Å². The molecule has 0 unspecified atom stereocenters. The van der Waals surface area contributed by atoms with E-state index in [2.05, 4.69) is 10.6 Å². The lowest BCUT2D eigenvalue weighted by molar-refractivity contribution is -0.123. The van der Waals surface area contributed by atoms with Crippen molar-refractivity contribution in [2.75, 3.05) is 18.9 Å². The van der Waals surface area contributed by atoms with Crippen molar-refractivity contribution in [1.82, 2.24) is 9.62 Å². The number of benzene rings is 2. The number of sulfonamides is 1. The second-order valence-electron chi connectivity index (χ2n) is 7.28. The van der Waals surface area contributed by atoms with E-state index < -0.39 is 28.6 Å². The first-order valence-corrected chi connectivity index (χ1v) is 11.2. The first kappa shape index (κ1) is 22.7. The van der Waals surface area contributed by atoms with E-state index in [4.69, 9.17) is 4.74 Å². The predicted octanol–water partition coefficient (Wildman–Crippen LogP) is 2.18. The van der Waals surface area contributed by atoms with Crippen LogP contribution in [0.1, 0.15) is 24.5 Å². The van der Waals surface area contributed by atoms with E-state index in [0.717, 1.165) is 4.31 Å². The monoisotopic (exact) mass is 449 g/mol. The predicted molar refractivity (Wildman–Crippen MR) is 113 cm³/mol. The topological polar surface area (TPSA) is 105 Å². The van der Waals surface area contributed by atoms with Gasteiger partial charge in [0.25, 0.3) is 5.91 Å². The first-order chi connectivity index (χ1) is 14.6. The number of nitrogens with zero attached hydrogens (tertiary/aromatic N) is 1. The fraction of sp³-hybridized carbons (Fsp3) is 0.333. The zero-order chi connectivity index (χ0) is 22.8. The van der Waals surface area contributed by atoms with Gasteiger partial charge in [-0.25, -0.2) is 12.8 Å². The van der Waals surface area contributed by atoms with E-state index in [1.807, 2.05) is 0 Å². The van der Waals surface area contributed by atoms with Gasteiger partial charge in [-0.1, -0.05) is 19.1 Å². The number of amides is 2. The van der Waals surface area contributed by atoms with Gasteiger partial charge in [-0.15, -0.1) is 0 Å². The number of rotatable bonds is 7. The molecule has 2 amide bonds. The van der Waals surface area contributed by atoms with Crippen LogP contribution in [0.25, 0.3) is 0 Å². The zero-order valence-electron chi connectivity index (χ0n) is 17.4. The number of anilines is 1. The summed E-state index contributed by atoms with van der Waals surface area (Å²) in [7, 11) is -2.69. The molecule has 2 N–H and O–H groups in total. The molecule has 0 bridgehead atoms. The third-order valence-electron chi connectivity index (χ3n) is 4.92. The quantitative estimate of drug-likeness (QED) is 0.674. The average Bonchev–Trinajstić information content (AvgIpc) is 2.72. The highest BCUT2D eigenvalue weighted by Gasteiger charge is 2.31. The summed E-state index contributed by atoms with van der Waals surface area (Å²) in [5.74, 6) is -0.888. The highest BCUT2D eigenvalue weighted by atomic mass is 32.2. The number of hydrogen-bond acceptors (Lipinski definition) is 5. The molecule has 0 fully saturated rings. The van der Waals surface area contributed by atoms with Gasteiger partial charge in [-0.2, -0.15) is 4.31 Å². The molecule has 0 spiro atoms. The van der Waals surface area contributed by atoms with Crippen LogP contribution in [0.2, 0.25) is 0 Å². The van der Waals surface area contributed by atoms with Crippen LogP contribution in [0.15, 0.2) is 41.3 Å². The number of fused-ring (bicyclic) bond motifs is 1. The zero-order valence-corrected chi connectivity index (χ0v) is 18.3. The number of carbonyl (C=O) groups excluding carboxylic acids is 2. The SMILES string of the molecule is CC[C@@H]1Oc2cc(S(=O)(=O)N(C)CC(=O)NCc3ccc(F)cc3)c(C)cc2NC1=O. The summed E-state index contributed by atoms with van der Waals surface area (Å²) in [5.41, 5.74) is 1.51. The van der Waals surface area contributed by atoms with Crippen LogP contribution in [0.3, 0.4) is 0 Å². The lowest BCUT2D eigenvalue weighted by Crippen LogP contribution is -2.39. The van der Waals surface area contributed by atoms with Crippen molar-refractivity contribution in [2.24, 2.45) is 0 Å². The summed E-state index contributed by atoms with van der Waals surface area (Å²) in [6.45, 7) is 3.15. The number of likely N-dealkylation sites (N-methyl/N-ethyl adjacent to an activating group) is 1. The Bertz CT molecular complexity index is 1100. The van der Waals surface area contributed by atoms with Gasteiger partial charge in [-0.3, -0.25) is 9.59 Å². The van der Waals surface area contributed by atoms with E-state index in [1.54, 1.807) is 13.8 Å². The highest BCUT2D eigenvalue weighted by molar-refractivity contribution is 7.89. The van der Waals surface area contributed by atoms with Gasteiger partial charge in [-0.05, 0) is 42.7 Å². The van der Waals surface area contributed by atoms with Crippen LogP contribution in [0.5, 0.6) is 5.75 Å². The Morgan fingerprint density at radius 2 is 1.94 bits per heavy atom. The van der Waals surface area contributed by atoms with Gasteiger partial charge < -0.3 is 15.4 Å². The maximum absolute atomic E-state index is 13.1. The smallest absolute Gasteiger partial charge is 0.265 e. The summed E-state index contributed by atoms with van der Waals surface area (Å²) >= 11 is 0. The van der Waals surface area contributed by atoms with Crippen LogP contribution < -0.4 is 15.4 Å². The minimum Gasteiger partial charge on any atom is -0.478 e. The molecule has 1 heterocycles. The Balaban J connectivity index is 1.72. The number of ether oxygens (including phenoxy) is 1. The molecule has 2 aromatic carbocycles. The summed E-state index contributed by atoms with van der Waals surface area (Å²) in [6, 6.07) is 8.54. The lowest BCUT2D eigenvalue weighted by atomic mass is 10.1. The second kappa shape index (κ2) is 9.03. The minimum atomic E-state index is -3.99. The van der Waals surface area contributed by atoms with Gasteiger partial charge in [0.1, 0.15) is 11.6 Å². The van der Waals surface area contributed by atoms with Gasteiger partial charge in [0.2, 0.25) is 15.9 Å². The van der Waals surface area contributed by atoms with Crippen molar-refractivity contribution < 1.29 is 27.1 Å². The fourth-order valence-corrected chi connectivity index (χ4v) is 4.49. The second-order valence-corrected chi connectivity index (χ2v) is 9.30. The van der Waals surface area contributed by atoms with Crippen molar-refractivity contribution in [3.8, 4) is 5.75 Å². The Hall–Kier alpha value is -2.98. The molecule has 0 saturated carbocycles. The molecule has 0 radical (unpaired) electrons. The molecule has 0 aliphatic carbocycles.